The molecule has 1 aromatic carbocycles. The second-order valence-corrected chi connectivity index (χ2v) is 7.52. The van der Waals surface area contributed by atoms with Crippen molar-refractivity contribution in [3.8, 4) is 5.75 Å². The molecule has 2 aliphatic rings. The summed E-state index contributed by atoms with van der Waals surface area (Å²) in [5, 5.41) is 0. The highest BCUT2D eigenvalue weighted by Crippen LogP contribution is 2.38. The molecule has 1 saturated carbocycles. The normalized spacial score (nSPS) is 22.7. The maximum absolute atomic E-state index is 6.21. The predicted molar refractivity (Wildman–Crippen MR) is 90.1 cm³/mol. The Labute approximate surface area is 133 Å². The van der Waals surface area contributed by atoms with Gasteiger partial charge in [0, 0.05) is 25.2 Å². The molecule has 0 radical (unpaired) electrons. The van der Waals surface area contributed by atoms with Crippen molar-refractivity contribution in [3.05, 3.63) is 18.2 Å². The Bertz CT molecular complexity index is 551. The Hall–Kier alpha value is -1.20. The van der Waals surface area contributed by atoms with Crippen molar-refractivity contribution >= 4 is 18.3 Å². The first-order valence-corrected chi connectivity index (χ1v) is 8.03. The van der Waals surface area contributed by atoms with Crippen LogP contribution in [-0.2, 0) is 9.31 Å². The highest BCUT2D eigenvalue weighted by molar-refractivity contribution is 6.63. The van der Waals surface area contributed by atoms with Crippen molar-refractivity contribution < 1.29 is 14.0 Å². The van der Waals surface area contributed by atoms with E-state index in [1.807, 2.05) is 20.2 Å². The van der Waals surface area contributed by atoms with E-state index in [2.05, 4.69) is 44.7 Å². The van der Waals surface area contributed by atoms with E-state index < -0.39 is 7.12 Å². The number of anilines is 1. The third kappa shape index (κ3) is 2.84. The number of ether oxygens (including phenoxy) is 1. The fraction of sp³-hybridized carbons (Fsp3) is 0.647. The summed E-state index contributed by atoms with van der Waals surface area (Å²) in [5.74, 6) is 0.881. The maximum Gasteiger partial charge on any atom is 0.498 e. The van der Waals surface area contributed by atoms with Gasteiger partial charge in [-0.05, 0) is 58.7 Å². The topological polar surface area (TPSA) is 30.9 Å². The van der Waals surface area contributed by atoms with Crippen molar-refractivity contribution in [1.29, 1.82) is 0 Å². The summed E-state index contributed by atoms with van der Waals surface area (Å²) < 4.78 is 18.5. The first-order chi connectivity index (χ1) is 10.2. The third-order valence-electron chi connectivity index (χ3n) is 4.83. The number of rotatable bonds is 4. The summed E-state index contributed by atoms with van der Waals surface area (Å²) in [6.45, 7) is 8.29. The second kappa shape index (κ2) is 5.17. The van der Waals surface area contributed by atoms with E-state index in [1.54, 1.807) is 0 Å². The lowest BCUT2D eigenvalue weighted by molar-refractivity contribution is 0.00578. The Balaban J connectivity index is 1.95. The van der Waals surface area contributed by atoms with Gasteiger partial charge in [-0.1, -0.05) is 0 Å². The Kier molecular flexibility index (Phi) is 3.69. The van der Waals surface area contributed by atoms with Crippen molar-refractivity contribution in [2.24, 2.45) is 0 Å². The molecule has 4 nitrogen and oxygen atoms in total. The molecule has 1 saturated heterocycles. The quantitative estimate of drug-likeness (QED) is 0.800. The summed E-state index contributed by atoms with van der Waals surface area (Å²) in [6.07, 6.45) is 2.63. The van der Waals surface area contributed by atoms with Crippen LogP contribution in [-0.4, -0.2) is 38.5 Å². The predicted octanol–water partition coefficient (Wildman–Crippen LogP) is 2.59. The van der Waals surface area contributed by atoms with Crippen LogP contribution in [0.25, 0.3) is 0 Å². The highest BCUT2D eigenvalue weighted by Gasteiger charge is 2.52. The van der Waals surface area contributed by atoms with E-state index in [1.165, 1.54) is 0 Å². The lowest BCUT2D eigenvalue weighted by Crippen LogP contribution is -2.41. The van der Waals surface area contributed by atoms with Crippen LogP contribution in [0.15, 0.2) is 18.2 Å². The summed E-state index contributed by atoms with van der Waals surface area (Å²) >= 11 is 0. The third-order valence-corrected chi connectivity index (χ3v) is 4.83. The Morgan fingerprint density at radius 1 is 1.09 bits per heavy atom. The fourth-order valence-electron chi connectivity index (χ4n) is 2.44. The second-order valence-electron chi connectivity index (χ2n) is 7.52. The molecule has 0 aromatic heterocycles. The average molecular weight is 303 g/mol. The minimum absolute atomic E-state index is 0.345. The van der Waals surface area contributed by atoms with Gasteiger partial charge in [0.25, 0.3) is 0 Å². The van der Waals surface area contributed by atoms with Gasteiger partial charge in [-0.25, -0.2) is 0 Å². The number of hydrogen-bond donors (Lipinski definition) is 0. The van der Waals surface area contributed by atoms with E-state index in [-0.39, 0.29) is 11.2 Å². The van der Waals surface area contributed by atoms with Gasteiger partial charge in [-0.3, -0.25) is 0 Å². The molecule has 0 amide bonds. The molecule has 1 aromatic rings. The molecule has 2 fully saturated rings. The molecule has 1 aliphatic heterocycles. The lowest BCUT2D eigenvalue weighted by Gasteiger charge is -2.32. The smallest absolute Gasteiger partial charge is 0.491 e. The van der Waals surface area contributed by atoms with Crippen LogP contribution in [0.3, 0.4) is 0 Å². The van der Waals surface area contributed by atoms with E-state index in [9.17, 15) is 0 Å². The van der Waals surface area contributed by atoms with E-state index in [0.717, 1.165) is 29.7 Å². The van der Waals surface area contributed by atoms with Gasteiger partial charge in [0.05, 0.1) is 17.3 Å². The SMILES string of the molecule is CN(C)c1ccc(OC2CC2)c(B2OC(C)(C)C(C)(C)O2)c1. The van der Waals surface area contributed by atoms with Crippen molar-refractivity contribution in [2.45, 2.75) is 57.8 Å². The van der Waals surface area contributed by atoms with E-state index in [0.29, 0.717) is 6.10 Å². The molecule has 1 aliphatic carbocycles. The van der Waals surface area contributed by atoms with Crippen molar-refractivity contribution in [1.82, 2.24) is 0 Å². The van der Waals surface area contributed by atoms with Gasteiger partial charge in [-0.15, -0.1) is 0 Å². The van der Waals surface area contributed by atoms with Gasteiger partial charge in [0.1, 0.15) is 5.75 Å². The molecule has 120 valence electrons. The lowest BCUT2D eigenvalue weighted by atomic mass is 9.78. The first kappa shape index (κ1) is 15.7. The summed E-state index contributed by atoms with van der Waals surface area (Å²) in [4.78, 5) is 2.08. The van der Waals surface area contributed by atoms with Gasteiger partial charge in [-0.2, -0.15) is 0 Å². The Morgan fingerprint density at radius 3 is 2.18 bits per heavy atom. The molecule has 0 bridgehead atoms. The van der Waals surface area contributed by atoms with Crippen LogP contribution in [0.1, 0.15) is 40.5 Å². The van der Waals surface area contributed by atoms with Crippen LogP contribution in [0.2, 0.25) is 0 Å². The number of benzene rings is 1. The van der Waals surface area contributed by atoms with E-state index in [4.69, 9.17) is 14.0 Å². The molecule has 0 N–H and O–H groups in total. The molecule has 0 unspecified atom stereocenters. The average Bonchev–Trinajstić information content (AvgIpc) is 3.17. The summed E-state index contributed by atoms with van der Waals surface area (Å²) in [5.41, 5.74) is 1.41. The van der Waals surface area contributed by atoms with Crippen LogP contribution in [0.5, 0.6) is 5.75 Å². The molecular formula is C17H26BNO3. The fourth-order valence-corrected chi connectivity index (χ4v) is 2.44. The van der Waals surface area contributed by atoms with Crippen LogP contribution in [0.4, 0.5) is 5.69 Å². The molecule has 1 heterocycles. The zero-order chi connectivity index (χ0) is 16.1. The molecule has 3 rings (SSSR count). The van der Waals surface area contributed by atoms with Gasteiger partial charge >= 0.3 is 7.12 Å². The summed E-state index contributed by atoms with van der Waals surface area (Å²) in [7, 11) is 3.67. The maximum atomic E-state index is 6.21. The van der Waals surface area contributed by atoms with Crippen molar-refractivity contribution in [3.63, 3.8) is 0 Å². The molecule has 5 heteroatoms. The molecule has 0 spiro atoms. The zero-order valence-corrected chi connectivity index (χ0v) is 14.5. The van der Waals surface area contributed by atoms with Gasteiger partial charge in [0.2, 0.25) is 0 Å². The number of nitrogens with zero attached hydrogens (tertiary/aromatic N) is 1. The van der Waals surface area contributed by atoms with Crippen LogP contribution >= 0.6 is 0 Å². The molecular weight excluding hydrogens is 277 g/mol. The minimum Gasteiger partial charge on any atom is -0.491 e. The van der Waals surface area contributed by atoms with Gasteiger partial charge < -0.3 is 18.9 Å². The summed E-state index contributed by atoms with van der Waals surface area (Å²) in [6, 6.07) is 6.22. The highest BCUT2D eigenvalue weighted by atomic mass is 16.7. The molecule has 0 atom stereocenters. The first-order valence-electron chi connectivity index (χ1n) is 8.03. The minimum atomic E-state index is -0.390. The Morgan fingerprint density at radius 2 is 1.68 bits per heavy atom. The zero-order valence-electron chi connectivity index (χ0n) is 14.5. The monoisotopic (exact) mass is 303 g/mol. The largest absolute Gasteiger partial charge is 0.498 e. The molecule has 22 heavy (non-hydrogen) atoms. The van der Waals surface area contributed by atoms with E-state index >= 15 is 0 Å². The van der Waals surface area contributed by atoms with Crippen LogP contribution < -0.4 is 15.1 Å². The standard InChI is InChI=1S/C17H26BNO3/c1-16(2)17(3,4)22-18(21-16)14-11-12(19(5)6)7-10-15(14)20-13-8-9-13/h7,10-11,13H,8-9H2,1-6H3. The van der Waals surface area contributed by atoms with Crippen molar-refractivity contribution in [2.75, 3.05) is 19.0 Å². The van der Waals surface area contributed by atoms with Crippen LogP contribution in [0, 0.1) is 0 Å². The number of hydrogen-bond acceptors (Lipinski definition) is 4. The van der Waals surface area contributed by atoms with Gasteiger partial charge in [0.15, 0.2) is 0 Å².